The van der Waals surface area contributed by atoms with Crippen LogP contribution in [0.15, 0.2) is 30.3 Å². The van der Waals surface area contributed by atoms with Gasteiger partial charge in [-0.3, -0.25) is 0 Å². The van der Waals surface area contributed by atoms with E-state index in [1.54, 1.807) is 0 Å². The second kappa shape index (κ2) is 5.83. The van der Waals surface area contributed by atoms with E-state index in [0.29, 0.717) is 18.0 Å². The Morgan fingerprint density at radius 2 is 2.00 bits per heavy atom. The quantitative estimate of drug-likeness (QED) is 0.798. The molecule has 0 atom stereocenters. The van der Waals surface area contributed by atoms with Gasteiger partial charge in [-0.2, -0.15) is 0 Å². The lowest BCUT2D eigenvalue weighted by molar-refractivity contribution is 0.129. The standard InChI is InChI=1S/C16H20N6O/c1-11-5-6-12(13(9-11)23-16(2,3)4)10-17-14-7-8-15-18-20-21-22(15)19-14/h5-9H,10H2,1-4H3,(H,17,19). The molecular weight excluding hydrogens is 292 g/mol. The minimum atomic E-state index is -0.244. The van der Waals surface area contributed by atoms with E-state index in [4.69, 9.17) is 4.74 Å². The van der Waals surface area contributed by atoms with Crippen molar-refractivity contribution in [2.45, 2.75) is 39.8 Å². The highest BCUT2D eigenvalue weighted by molar-refractivity contribution is 5.44. The Labute approximate surface area is 134 Å². The smallest absolute Gasteiger partial charge is 0.200 e. The van der Waals surface area contributed by atoms with E-state index in [2.05, 4.69) is 51.1 Å². The summed E-state index contributed by atoms with van der Waals surface area (Å²) in [5.74, 6) is 1.58. The van der Waals surface area contributed by atoms with Crippen LogP contribution >= 0.6 is 0 Å². The van der Waals surface area contributed by atoms with Crippen LogP contribution in [0, 0.1) is 6.92 Å². The fourth-order valence-corrected chi connectivity index (χ4v) is 2.16. The summed E-state index contributed by atoms with van der Waals surface area (Å²) in [6.45, 7) is 8.78. The van der Waals surface area contributed by atoms with Crippen molar-refractivity contribution in [1.82, 2.24) is 25.3 Å². The van der Waals surface area contributed by atoms with Gasteiger partial charge in [-0.05, 0) is 61.9 Å². The van der Waals surface area contributed by atoms with Crippen LogP contribution in [-0.4, -0.2) is 30.9 Å². The third kappa shape index (κ3) is 3.74. The summed E-state index contributed by atoms with van der Waals surface area (Å²) in [4.78, 5) is 0. The number of aryl methyl sites for hydroxylation is 1. The number of hydrogen-bond acceptors (Lipinski definition) is 6. The summed E-state index contributed by atoms with van der Waals surface area (Å²) in [6.07, 6.45) is 0. The molecule has 120 valence electrons. The van der Waals surface area contributed by atoms with Gasteiger partial charge in [-0.25, -0.2) is 0 Å². The number of aromatic nitrogens is 5. The molecule has 7 heteroatoms. The predicted molar refractivity (Wildman–Crippen MR) is 87.5 cm³/mol. The first-order chi connectivity index (χ1) is 10.9. The number of tetrazole rings is 1. The Balaban J connectivity index is 1.79. The lowest BCUT2D eigenvalue weighted by atomic mass is 10.1. The number of benzene rings is 1. The Hall–Kier alpha value is -2.70. The summed E-state index contributed by atoms with van der Waals surface area (Å²) in [5, 5.41) is 18.8. The third-order valence-corrected chi connectivity index (χ3v) is 3.17. The molecular formula is C16H20N6O. The maximum Gasteiger partial charge on any atom is 0.200 e. The summed E-state index contributed by atoms with van der Waals surface area (Å²) < 4.78 is 7.45. The molecule has 0 saturated carbocycles. The van der Waals surface area contributed by atoms with Gasteiger partial charge < -0.3 is 10.1 Å². The zero-order chi connectivity index (χ0) is 16.4. The monoisotopic (exact) mass is 312 g/mol. The van der Waals surface area contributed by atoms with Gasteiger partial charge in [0.25, 0.3) is 0 Å². The Morgan fingerprint density at radius 1 is 1.17 bits per heavy atom. The van der Waals surface area contributed by atoms with Crippen molar-refractivity contribution in [3.63, 3.8) is 0 Å². The van der Waals surface area contributed by atoms with Crippen LogP contribution in [0.2, 0.25) is 0 Å². The van der Waals surface area contributed by atoms with Crippen molar-refractivity contribution in [2.75, 3.05) is 5.32 Å². The van der Waals surface area contributed by atoms with Crippen LogP contribution in [0.25, 0.3) is 5.65 Å². The predicted octanol–water partition coefficient (Wildman–Crippen LogP) is 2.62. The lowest BCUT2D eigenvalue weighted by Crippen LogP contribution is -2.24. The molecule has 0 radical (unpaired) electrons. The fourth-order valence-electron chi connectivity index (χ4n) is 2.16. The first-order valence-electron chi connectivity index (χ1n) is 7.48. The highest BCUT2D eigenvalue weighted by Gasteiger charge is 2.15. The number of rotatable bonds is 4. The van der Waals surface area contributed by atoms with E-state index in [-0.39, 0.29) is 5.60 Å². The zero-order valence-electron chi connectivity index (χ0n) is 13.7. The van der Waals surface area contributed by atoms with Crippen LogP contribution in [-0.2, 0) is 6.54 Å². The molecule has 0 aliphatic heterocycles. The minimum Gasteiger partial charge on any atom is -0.488 e. The van der Waals surface area contributed by atoms with Crippen molar-refractivity contribution in [2.24, 2.45) is 0 Å². The van der Waals surface area contributed by atoms with Crippen LogP contribution in [0.4, 0.5) is 5.82 Å². The number of ether oxygens (including phenoxy) is 1. The van der Waals surface area contributed by atoms with E-state index in [1.165, 1.54) is 10.2 Å². The third-order valence-electron chi connectivity index (χ3n) is 3.17. The molecule has 23 heavy (non-hydrogen) atoms. The highest BCUT2D eigenvalue weighted by atomic mass is 16.5. The van der Waals surface area contributed by atoms with Crippen molar-refractivity contribution in [3.05, 3.63) is 41.5 Å². The number of fused-ring (bicyclic) bond motifs is 1. The molecule has 2 aromatic heterocycles. The van der Waals surface area contributed by atoms with Crippen LogP contribution in [0.3, 0.4) is 0 Å². The second-order valence-electron chi connectivity index (χ2n) is 6.42. The molecule has 0 spiro atoms. The average Bonchev–Trinajstić information content (AvgIpc) is 2.92. The van der Waals surface area contributed by atoms with E-state index in [9.17, 15) is 0 Å². The van der Waals surface area contributed by atoms with Crippen molar-refractivity contribution in [3.8, 4) is 5.75 Å². The fraction of sp³-hybridized carbons (Fsp3) is 0.375. The molecule has 0 aliphatic carbocycles. The number of anilines is 1. The van der Waals surface area contributed by atoms with Crippen LogP contribution in [0.1, 0.15) is 31.9 Å². The molecule has 0 fully saturated rings. The second-order valence-corrected chi connectivity index (χ2v) is 6.42. The molecule has 0 aliphatic rings. The lowest BCUT2D eigenvalue weighted by Gasteiger charge is -2.24. The van der Waals surface area contributed by atoms with Gasteiger partial charge in [-0.15, -0.1) is 14.8 Å². The summed E-state index contributed by atoms with van der Waals surface area (Å²) in [6, 6.07) is 9.87. The zero-order valence-corrected chi connectivity index (χ0v) is 13.7. The molecule has 0 unspecified atom stereocenters. The van der Waals surface area contributed by atoms with Crippen molar-refractivity contribution in [1.29, 1.82) is 0 Å². The van der Waals surface area contributed by atoms with Gasteiger partial charge in [0.2, 0.25) is 0 Å². The van der Waals surface area contributed by atoms with Gasteiger partial charge in [0.15, 0.2) is 5.65 Å². The minimum absolute atomic E-state index is 0.244. The molecule has 2 heterocycles. The maximum absolute atomic E-state index is 6.06. The van der Waals surface area contributed by atoms with Crippen LogP contribution < -0.4 is 10.1 Å². The highest BCUT2D eigenvalue weighted by Crippen LogP contribution is 2.25. The molecule has 0 bridgehead atoms. The Kier molecular flexibility index (Phi) is 3.85. The Morgan fingerprint density at radius 3 is 2.78 bits per heavy atom. The Bertz CT molecular complexity index is 821. The molecule has 3 aromatic rings. The van der Waals surface area contributed by atoms with Gasteiger partial charge in [0.05, 0.1) is 0 Å². The number of nitrogens with one attached hydrogen (secondary N) is 1. The van der Waals surface area contributed by atoms with Crippen molar-refractivity contribution >= 4 is 11.5 Å². The van der Waals surface area contributed by atoms with E-state index >= 15 is 0 Å². The van der Waals surface area contributed by atoms with E-state index in [1.807, 2.05) is 32.9 Å². The van der Waals surface area contributed by atoms with Gasteiger partial charge in [0.1, 0.15) is 17.2 Å². The summed E-state index contributed by atoms with van der Waals surface area (Å²) in [5.41, 5.74) is 2.61. The average molecular weight is 312 g/mol. The summed E-state index contributed by atoms with van der Waals surface area (Å²) in [7, 11) is 0. The van der Waals surface area contributed by atoms with Crippen LogP contribution in [0.5, 0.6) is 5.75 Å². The molecule has 0 saturated heterocycles. The molecule has 0 amide bonds. The molecule has 7 nitrogen and oxygen atoms in total. The van der Waals surface area contributed by atoms with Gasteiger partial charge in [0, 0.05) is 12.1 Å². The number of nitrogens with zero attached hydrogens (tertiary/aromatic N) is 5. The van der Waals surface area contributed by atoms with Gasteiger partial charge in [-0.1, -0.05) is 12.1 Å². The maximum atomic E-state index is 6.06. The topological polar surface area (TPSA) is 77.2 Å². The number of hydrogen-bond donors (Lipinski definition) is 1. The molecule has 1 aromatic carbocycles. The molecule has 1 N–H and O–H groups in total. The van der Waals surface area contributed by atoms with Gasteiger partial charge >= 0.3 is 0 Å². The first kappa shape index (κ1) is 15.2. The largest absolute Gasteiger partial charge is 0.488 e. The SMILES string of the molecule is Cc1ccc(CNc2ccc3nnnn3n2)c(OC(C)(C)C)c1. The van der Waals surface area contributed by atoms with Crippen molar-refractivity contribution < 1.29 is 4.74 Å². The first-order valence-corrected chi connectivity index (χ1v) is 7.48. The van der Waals surface area contributed by atoms with E-state index in [0.717, 1.165) is 11.3 Å². The van der Waals surface area contributed by atoms with E-state index < -0.39 is 0 Å². The molecule has 3 rings (SSSR count). The summed E-state index contributed by atoms with van der Waals surface area (Å²) >= 11 is 0. The normalized spacial score (nSPS) is 11.7.